The zero-order chi connectivity index (χ0) is 21.5. The van der Waals surface area contributed by atoms with Crippen molar-refractivity contribution in [2.45, 2.75) is 50.5 Å². The van der Waals surface area contributed by atoms with Gasteiger partial charge in [0.1, 0.15) is 6.54 Å². The minimum Gasteiger partial charge on any atom is -0.352 e. The highest BCUT2D eigenvalue weighted by Gasteiger charge is 2.40. The molecule has 0 aromatic heterocycles. The quantitative estimate of drug-likeness (QED) is 0.712. The van der Waals surface area contributed by atoms with E-state index in [2.05, 4.69) is 5.32 Å². The maximum Gasteiger partial charge on any atom is 0.264 e. The number of hydrogen-bond donors (Lipinski definition) is 1. The standard InChI is InChI=1S/C23H27ClN2O3S/c1-15-3-9-20(10-4-15)30(28,29)26(19-8-5-16(2)21(24)13-19)14-23(27)25-22-12-17-6-7-18(22)11-17/h3-5,8-10,13,17-18,22H,6-7,11-12,14H2,1-2H3,(H,25,27)/t17-,18+,22+/m0/s1. The van der Waals surface area contributed by atoms with Gasteiger partial charge in [-0.15, -0.1) is 0 Å². The number of fused-ring (bicyclic) bond motifs is 2. The summed E-state index contributed by atoms with van der Waals surface area (Å²) in [6, 6.07) is 11.9. The summed E-state index contributed by atoms with van der Waals surface area (Å²) in [5, 5.41) is 3.55. The Morgan fingerprint density at radius 1 is 1.10 bits per heavy atom. The van der Waals surface area contributed by atoms with E-state index in [4.69, 9.17) is 11.6 Å². The maximum absolute atomic E-state index is 13.4. The number of halogens is 1. The van der Waals surface area contributed by atoms with E-state index in [1.54, 1.807) is 42.5 Å². The van der Waals surface area contributed by atoms with Crippen molar-refractivity contribution in [2.75, 3.05) is 10.8 Å². The fourth-order valence-corrected chi connectivity index (χ4v) is 6.28. The number of nitrogens with zero attached hydrogens (tertiary/aromatic N) is 1. The molecule has 1 N–H and O–H groups in total. The van der Waals surface area contributed by atoms with E-state index >= 15 is 0 Å². The topological polar surface area (TPSA) is 66.5 Å². The maximum atomic E-state index is 13.4. The lowest BCUT2D eigenvalue weighted by molar-refractivity contribution is -0.120. The number of hydrogen-bond acceptors (Lipinski definition) is 3. The van der Waals surface area contributed by atoms with Crippen molar-refractivity contribution in [1.29, 1.82) is 0 Å². The van der Waals surface area contributed by atoms with E-state index in [9.17, 15) is 13.2 Å². The summed E-state index contributed by atoms with van der Waals surface area (Å²) >= 11 is 6.27. The molecular weight excluding hydrogens is 420 g/mol. The van der Waals surface area contributed by atoms with Crippen LogP contribution in [0.15, 0.2) is 47.4 Å². The largest absolute Gasteiger partial charge is 0.352 e. The Kier molecular flexibility index (Phi) is 5.82. The molecule has 3 atom stereocenters. The van der Waals surface area contributed by atoms with Gasteiger partial charge in [-0.25, -0.2) is 8.42 Å². The smallest absolute Gasteiger partial charge is 0.264 e. The molecule has 2 bridgehead atoms. The molecule has 0 unspecified atom stereocenters. The second-order valence-corrected chi connectivity index (χ2v) is 10.9. The summed E-state index contributed by atoms with van der Waals surface area (Å²) in [7, 11) is -3.93. The van der Waals surface area contributed by atoms with Crippen LogP contribution in [0.5, 0.6) is 0 Å². The van der Waals surface area contributed by atoms with Crippen LogP contribution < -0.4 is 9.62 Å². The first-order valence-corrected chi connectivity index (χ1v) is 12.2. The molecule has 1 amide bonds. The molecule has 5 nitrogen and oxygen atoms in total. The number of carbonyl (C=O) groups is 1. The van der Waals surface area contributed by atoms with Gasteiger partial charge < -0.3 is 5.32 Å². The van der Waals surface area contributed by atoms with Gasteiger partial charge in [0.15, 0.2) is 0 Å². The van der Waals surface area contributed by atoms with Crippen molar-refractivity contribution in [1.82, 2.24) is 5.32 Å². The molecular formula is C23H27ClN2O3S. The molecule has 2 fully saturated rings. The number of rotatable bonds is 6. The third-order valence-corrected chi connectivity index (χ3v) is 8.62. The van der Waals surface area contributed by atoms with Gasteiger partial charge in [-0.2, -0.15) is 0 Å². The lowest BCUT2D eigenvalue weighted by Crippen LogP contribution is -2.46. The zero-order valence-corrected chi connectivity index (χ0v) is 18.8. The minimum absolute atomic E-state index is 0.150. The van der Waals surface area contributed by atoms with Gasteiger partial charge in [0.2, 0.25) is 5.91 Å². The van der Waals surface area contributed by atoms with Crippen LogP contribution in [-0.2, 0) is 14.8 Å². The van der Waals surface area contributed by atoms with Gasteiger partial charge in [0.25, 0.3) is 10.0 Å². The number of nitrogens with one attached hydrogen (secondary N) is 1. The molecule has 2 aromatic rings. The van der Waals surface area contributed by atoms with E-state index in [1.807, 2.05) is 13.8 Å². The van der Waals surface area contributed by atoms with Crippen LogP contribution in [0.2, 0.25) is 5.02 Å². The molecule has 0 aliphatic heterocycles. The van der Waals surface area contributed by atoms with Crippen molar-refractivity contribution < 1.29 is 13.2 Å². The van der Waals surface area contributed by atoms with Crippen molar-refractivity contribution in [2.24, 2.45) is 11.8 Å². The Hall–Kier alpha value is -2.05. The summed E-state index contributed by atoms with van der Waals surface area (Å²) in [4.78, 5) is 13.0. The predicted octanol–water partition coefficient (Wildman–Crippen LogP) is 4.46. The predicted molar refractivity (Wildman–Crippen MR) is 119 cm³/mol. The van der Waals surface area contributed by atoms with Gasteiger partial charge in [-0.05, 0) is 74.8 Å². The number of carbonyl (C=O) groups excluding carboxylic acids is 1. The Labute approximate surface area is 183 Å². The molecule has 7 heteroatoms. The SMILES string of the molecule is Cc1ccc(S(=O)(=O)N(CC(=O)N[C@@H]2C[C@H]3CC[C@@H]2C3)c2ccc(C)c(Cl)c2)cc1. The lowest BCUT2D eigenvalue weighted by atomic mass is 9.95. The fraction of sp³-hybridized carbons (Fsp3) is 0.435. The molecule has 0 spiro atoms. The molecule has 4 rings (SSSR count). The third-order valence-electron chi connectivity index (χ3n) is 6.42. The summed E-state index contributed by atoms with van der Waals surface area (Å²) in [5.74, 6) is 0.943. The first-order chi connectivity index (χ1) is 14.2. The van der Waals surface area contributed by atoms with Gasteiger partial charge in [0, 0.05) is 11.1 Å². The third kappa shape index (κ3) is 4.21. The van der Waals surface area contributed by atoms with Crippen molar-refractivity contribution in [3.8, 4) is 0 Å². The lowest BCUT2D eigenvalue weighted by Gasteiger charge is -2.27. The molecule has 0 heterocycles. The first kappa shape index (κ1) is 21.2. The number of sulfonamides is 1. The van der Waals surface area contributed by atoms with E-state index in [0.29, 0.717) is 22.5 Å². The number of amides is 1. The normalized spacial score (nSPS) is 22.8. The summed E-state index contributed by atoms with van der Waals surface area (Å²) in [6.07, 6.45) is 4.56. The van der Waals surface area contributed by atoms with Gasteiger partial charge in [0.05, 0.1) is 10.6 Å². The average molecular weight is 447 g/mol. The second-order valence-electron chi connectivity index (χ2n) is 8.61. The number of aryl methyl sites for hydroxylation is 2. The molecule has 0 radical (unpaired) electrons. The van der Waals surface area contributed by atoms with Gasteiger partial charge in [-0.1, -0.05) is 41.8 Å². The summed E-state index contributed by atoms with van der Waals surface area (Å²) in [5.41, 5.74) is 2.20. The minimum atomic E-state index is -3.93. The van der Waals surface area contributed by atoms with E-state index in [0.717, 1.165) is 28.3 Å². The molecule has 0 saturated heterocycles. The second kappa shape index (κ2) is 8.23. The molecule has 30 heavy (non-hydrogen) atoms. The highest BCUT2D eigenvalue weighted by Crippen LogP contribution is 2.44. The van der Waals surface area contributed by atoms with Crippen LogP contribution in [0.1, 0.15) is 36.8 Å². The van der Waals surface area contributed by atoms with E-state index < -0.39 is 10.0 Å². The van der Waals surface area contributed by atoms with Crippen LogP contribution in [0.3, 0.4) is 0 Å². The van der Waals surface area contributed by atoms with Crippen molar-refractivity contribution >= 4 is 33.2 Å². The van der Waals surface area contributed by atoms with Crippen LogP contribution in [0, 0.1) is 25.7 Å². The Balaban J connectivity index is 1.62. The van der Waals surface area contributed by atoms with Gasteiger partial charge >= 0.3 is 0 Å². The van der Waals surface area contributed by atoms with Crippen molar-refractivity contribution in [3.63, 3.8) is 0 Å². The van der Waals surface area contributed by atoms with Crippen LogP contribution in [0.4, 0.5) is 5.69 Å². The van der Waals surface area contributed by atoms with Gasteiger partial charge in [-0.3, -0.25) is 9.10 Å². The molecule has 2 aliphatic rings. The number of benzene rings is 2. The average Bonchev–Trinajstić information content (AvgIpc) is 3.32. The summed E-state index contributed by atoms with van der Waals surface area (Å²) in [6.45, 7) is 3.48. The highest BCUT2D eigenvalue weighted by atomic mass is 35.5. The molecule has 160 valence electrons. The van der Waals surface area contributed by atoms with E-state index in [1.165, 1.54) is 12.8 Å². The molecule has 2 saturated carbocycles. The van der Waals surface area contributed by atoms with Crippen molar-refractivity contribution in [3.05, 3.63) is 58.6 Å². The van der Waals surface area contributed by atoms with Crippen LogP contribution in [-0.4, -0.2) is 26.9 Å². The fourth-order valence-electron chi connectivity index (χ4n) is 4.69. The Bertz CT molecular complexity index is 1050. The Morgan fingerprint density at radius 2 is 1.83 bits per heavy atom. The highest BCUT2D eigenvalue weighted by molar-refractivity contribution is 7.92. The zero-order valence-electron chi connectivity index (χ0n) is 17.3. The first-order valence-electron chi connectivity index (χ1n) is 10.4. The number of anilines is 1. The molecule has 2 aromatic carbocycles. The molecule has 2 aliphatic carbocycles. The van der Waals surface area contributed by atoms with Crippen LogP contribution >= 0.6 is 11.6 Å². The summed E-state index contributed by atoms with van der Waals surface area (Å²) < 4.78 is 28.0. The van der Waals surface area contributed by atoms with E-state index in [-0.39, 0.29) is 23.4 Å². The van der Waals surface area contributed by atoms with Crippen LogP contribution in [0.25, 0.3) is 0 Å². The monoisotopic (exact) mass is 446 g/mol. The Morgan fingerprint density at radius 3 is 2.43 bits per heavy atom.